The van der Waals surface area contributed by atoms with E-state index in [0.717, 1.165) is 29.4 Å². The van der Waals surface area contributed by atoms with Crippen LogP contribution in [0.3, 0.4) is 0 Å². The van der Waals surface area contributed by atoms with Gasteiger partial charge in [-0.2, -0.15) is 0 Å². The topological polar surface area (TPSA) is 15.3 Å². The lowest BCUT2D eigenvalue weighted by atomic mass is 10.2. The van der Waals surface area contributed by atoms with Gasteiger partial charge in [-0.1, -0.05) is 29.3 Å². The molecule has 1 aliphatic heterocycles. The fourth-order valence-electron chi connectivity index (χ4n) is 2.66. The first-order valence-corrected chi connectivity index (χ1v) is 8.01. The zero-order valence-corrected chi connectivity index (χ0v) is 13.3. The van der Waals surface area contributed by atoms with Crippen molar-refractivity contribution in [1.82, 2.24) is 0 Å². The highest BCUT2D eigenvalue weighted by Gasteiger charge is 2.12. The second-order valence-electron chi connectivity index (χ2n) is 5.33. The number of anilines is 2. The maximum atomic E-state index is 6.19. The molecule has 2 aromatic carbocycles. The monoisotopic (exact) mass is 320 g/mol. The molecule has 0 bridgehead atoms. The number of hydrogen-bond acceptors (Lipinski definition) is 2. The van der Waals surface area contributed by atoms with Crippen LogP contribution in [0.5, 0.6) is 0 Å². The lowest BCUT2D eigenvalue weighted by Crippen LogP contribution is -2.17. The van der Waals surface area contributed by atoms with Crippen molar-refractivity contribution in [2.24, 2.45) is 0 Å². The van der Waals surface area contributed by atoms with E-state index >= 15 is 0 Å². The van der Waals surface area contributed by atoms with E-state index in [4.69, 9.17) is 23.2 Å². The number of benzene rings is 2. The van der Waals surface area contributed by atoms with Crippen LogP contribution in [-0.4, -0.2) is 13.1 Å². The third-order valence-electron chi connectivity index (χ3n) is 3.81. The molecule has 110 valence electrons. The smallest absolute Gasteiger partial charge is 0.0456 e. The zero-order valence-electron chi connectivity index (χ0n) is 11.8. The summed E-state index contributed by atoms with van der Waals surface area (Å²) in [5, 5.41) is 4.87. The standard InChI is InChI=1S/C17H18Cl2N2/c18-14-6-7-17(19)13(10-14)12-20-15-4-3-5-16(11-15)21-8-1-2-9-21/h3-7,10-11,20H,1-2,8-9,12H2. The van der Waals surface area contributed by atoms with Gasteiger partial charge >= 0.3 is 0 Å². The quantitative estimate of drug-likeness (QED) is 0.832. The summed E-state index contributed by atoms with van der Waals surface area (Å²) in [6.45, 7) is 2.98. The Kier molecular flexibility index (Phi) is 4.57. The molecule has 0 atom stereocenters. The summed E-state index contributed by atoms with van der Waals surface area (Å²) in [5.41, 5.74) is 3.40. The van der Waals surface area contributed by atoms with E-state index < -0.39 is 0 Å². The third-order valence-corrected chi connectivity index (χ3v) is 4.41. The lowest BCUT2D eigenvalue weighted by molar-refractivity contribution is 0.949. The average Bonchev–Trinajstić information content (AvgIpc) is 3.03. The van der Waals surface area contributed by atoms with Gasteiger partial charge in [0.1, 0.15) is 0 Å². The van der Waals surface area contributed by atoms with Crippen LogP contribution in [0, 0.1) is 0 Å². The van der Waals surface area contributed by atoms with E-state index in [1.165, 1.54) is 18.5 Å². The highest BCUT2D eigenvalue weighted by molar-refractivity contribution is 6.33. The largest absolute Gasteiger partial charge is 0.381 e. The van der Waals surface area contributed by atoms with Crippen LogP contribution in [-0.2, 0) is 6.54 Å². The van der Waals surface area contributed by atoms with E-state index in [-0.39, 0.29) is 0 Å². The number of rotatable bonds is 4. The summed E-state index contributed by atoms with van der Waals surface area (Å²) in [5.74, 6) is 0. The van der Waals surface area contributed by atoms with Gasteiger partial charge in [0.2, 0.25) is 0 Å². The maximum Gasteiger partial charge on any atom is 0.0456 e. The molecule has 1 N–H and O–H groups in total. The van der Waals surface area contributed by atoms with Crippen molar-refractivity contribution in [2.45, 2.75) is 19.4 Å². The predicted octanol–water partition coefficient (Wildman–Crippen LogP) is 5.21. The molecule has 2 nitrogen and oxygen atoms in total. The first-order chi connectivity index (χ1) is 10.2. The van der Waals surface area contributed by atoms with Gasteiger partial charge < -0.3 is 10.2 Å². The highest BCUT2D eigenvalue weighted by Crippen LogP contribution is 2.25. The van der Waals surface area contributed by atoms with Gasteiger partial charge in [-0.05, 0) is 54.8 Å². The van der Waals surface area contributed by atoms with Crippen molar-refractivity contribution < 1.29 is 0 Å². The summed E-state index contributed by atoms with van der Waals surface area (Å²) >= 11 is 12.2. The molecule has 3 rings (SSSR count). The molecular formula is C17H18Cl2N2. The Morgan fingerprint density at radius 1 is 1.00 bits per heavy atom. The van der Waals surface area contributed by atoms with Gasteiger partial charge in [-0.25, -0.2) is 0 Å². The fourth-order valence-corrected chi connectivity index (χ4v) is 3.04. The molecule has 21 heavy (non-hydrogen) atoms. The first kappa shape index (κ1) is 14.6. The van der Waals surface area contributed by atoms with Gasteiger partial charge in [0, 0.05) is 41.1 Å². The molecule has 0 radical (unpaired) electrons. The predicted molar refractivity (Wildman–Crippen MR) is 91.7 cm³/mol. The summed E-state index contributed by atoms with van der Waals surface area (Å²) in [7, 11) is 0. The van der Waals surface area contributed by atoms with Crippen LogP contribution < -0.4 is 10.2 Å². The summed E-state index contributed by atoms with van der Waals surface area (Å²) in [4.78, 5) is 2.43. The molecule has 4 heteroatoms. The zero-order chi connectivity index (χ0) is 14.7. The average molecular weight is 321 g/mol. The van der Waals surface area contributed by atoms with Crippen molar-refractivity contribution in [3.8, 4) is 0 Å². The molecule has 1 fully saturated rings. The minimum absolute atomic E-state index is 0.669. The van der Waals surface area contributed by atoms with E-state index in [1.54, 1.807) is 6.07 Å². The van der Waals surface area contributed by atoms with Gasteiger partial charge in [0.05, 0.1) is 0 Å². The lowest BCUT2D eigenvalue weighted by Gasteiger charge is -2.18. The van der Waals surface area contributed by atoms with E-state index in [1.807, 2.05) is 12.1 Å². The Hall–Kier alpha value is -1.38. The normalized spacial score (nSPS) is 14.5. The van der Waals surface area contributed by atoms with Crippen molar-refractivity contribution in [3.63, 3.8) is 0 Å². The molecular weight excluding hydrogens is 303 g/mol. The molecule has 1 aliphatic rings. The van der Waals surface area contributed by atoms with Crippen molar-refractivity contribution in [2.75, 3.05) is 23.3 Å². The fraction of sp³-hybridized carbons (Fsp3) is 0.294. The second kappa shape index (κ2) is 6.59. The summed E-state index contributed by atoms with van der Waals surface area (Å²) < 4.78 is 0. The third kappa shape index (κ3) is 3.63. The molecule has 0 spiro atoms. The second-order valence-corrected chi connectivity index (χ2v) is 6.18. The van der Waals surface area contributed by atoms with E-state index in [0.29, 0.717) is 11.6 Å². The molecule has 0 amide bonds. The Bertz CT molecular complexity index is 622. The van der Waals surface area contributed by atoms with Gasteiger partial charge in [-0.3, -0.25) is 0 Å². The van der Waals surface area contributed by atoms with E-state index in [2.05, 4.69) is 34.5 Å². The van der Waals surface area contributed by atoms with Crippen molar-refractivity contribution in [3.05, 3.63) is 58.1 Å². The van der Waals surface area contributed by atoms with Crippen LogP contribution >= 0.6 is 23.2 Å². The highest BCUT2D eigenvalue weighted by atomic mass is 35.5. The number of nitrogens with zero attached hydrogens (tertiary/aromatic N) is 1. The molecule has 0 unspecified atom stereocenters. The number of nitrogens with one attached hydrogen (secondary N) is 1. The number of halogens is 2. The summed E-state index contributed by atoms with van der Waals surface area (Å²) in [6.07, 6.45) is 2.57. The van der Waals surface area contributed by atoms with Crippen LogP contribution in [0.4, 0.5) is 11.4 Å². The van der Waals surface area contributed by atoms with Crippen LogP contribution in [0.25, 0.3) is 0 Å². The van der Waals surface area contributed by atoms with Crippen molar-refractivity contribution >= 4 is 34.6 Å². The van der Waals surface area contributed by atoms with E-state index in [9.17, 15) is 0 Å². The Morgan fingerprint density at radius 2 is 1.81 bits per heavy atom. The van der Waals surface area contributed by atoms with Crippen LogP contribution in [0.15, 0.2) is 42.5 Å². The SMILES string of the molecule is Clc1ccc(Cl)c(CNc2cccc(N3CCCC3)c2)c1. The number of hydrogen-bond donors (Lipinski definition) is 1. The molecule has 0 aliphatic carbocycles. The minimum Gasteiger partial charge on any atom is -0.381 e. The van der Waals surface area contributed by atoms with Crippen LogP contribution in [0.2, 0.25) is 10.0 Å². The Labute approximate surface area is 135 Å². The van der Waals surface area contributed by atoms with Crippen molar-refractivity contribution in [1.29, 1.82) is 0 Å². The Balaban J connectivity index is 1.70. The minimum atomic E-state index is 0.669. The Morgan fingerprint density at radius 3 is 2.62 bits per heavy atom. The molecule has 0 saturated carbocycles. The van der Waals surface area contributed by atoms with Gasteiger partial charge in [0.25, 0.3) is 0 Å². The van der Waals surface area contributed by atoms with Gasteiger partial charge in [0.15, 0.2) is 0 Å². The summed E-state index contributed by atoms with van der Waals surface area (Å²) in [6, 6.07) is 14.1. The van der Waals surface area contributed by atoms with Gasteiger partial charge in [-0.15, -0.1) is 0 Å². The van der Waals surface area contributed by atoms with Crippen LogP contribution in [0.1, 0.15) is 18.4 Å². The molecule has 2 aromatic rings. The maximum absolute atomic E-state index is 6.19. The molecule has 1 heterocycles. The first-order valence-electron chi connectivity index (χ1n) is 7.25. The molecule has 1 saturated heterocycles. The molecule has 0 aromatic heterocycles.